The molecule has 5 heteroatoms. The summed E-state index contributed by atoms with van der Waals surface area (Å²) in [5.41, 5.74) is 0.559. The maximum absolute atomic E-state index is 12.3. The topological polar surface area (TPSA) is 27.7 Å². The minimum Gasteiger partial charge on any atom is -0.497 e. The van der Waals surface area contributed by atoms with Crippen molar-refractivity contribution in [3.63, 3.8) is 0 Å². The summed E-state index contributed by atoms with van der Waals surface area (Å²) in [7, 11) is 1.58. The van der Waals surface area contributed by atoms with E-state index in [9.17, 15) is 8.78 Å². The number of hydrogen-bond acceptors (Lipinski definition) is 3. The molecule has 0 N–H and O–H groups in total. The van der Waals surface area contributed by atoms with E-state index >= 15 is 0 Å². The third kappa shape index (κ3) is 3.85. The number of benzene rings is 2. The van der Waals surface area contributed by atoms with E-state index in [4.69, 9.17) is 9.47 Å². The van der Waals surface area contributed by atoms with Gasteiger partial charge in [0.05, 0.1) is 7.11 Å². The molecule has 0 radical (unpaired) electrons. The van der Waals surface area contributed by atoms with Crippen LogP contribution in [0, 0.1) is 0 Å². The maximum atomic E-state index is 12.3. The molecule has 0 unspecified atom stereocenters. The molecule has 3 nitrogen and oxygen atoms in total. The zero-order valence-corrected chi connectivity index (χ0v) is 10.9. The van der Waals surface area contributed by atoms with E-state index in [2.05, 4.69) is 4.74 Å². The van der Waals surface area contributed by atoms with Gasteiger partial charge in [0.15, 0.2) is 0 Å². The second kappa shape index (κ2) is 6.75. The Morgan fingerprint density at radius 2 is 1.60 bits per heavy atom. The molecule has 2 rings (SSSR count). The molecule has 2 aromatic rings. The van der Waals surface area contributed by atoms with Crippen molar-refractivity contribution in [3.05, 3.63) is 54.1 Å². The highest BCUT2D eigenvalue weighted by Crippen LogP contribution is 2.23. The molecule has 0 heterocycles. The highest BCUT2D eigenvalue weighted by molar-refractivity contribution is 5.34. The van der Waals surface area contributed by atoms with Crippen molar-refractivity contribution < 1.29 is 23.0 Å². The molecule has 0 saturated carbocycles. The number of halogens is 2. The number of rotatable bonds is 6. The van der Waals surface area contributed by atoms with Crippen molar-refractivity contribution in [1.29, 1.82) is 0 Å². The lowest BCUT2D eigenvalue weighted by molar-refractivity contribution is -0.0508. The average Bonchev–Trinajstić information content (AvgIpc) is 2.46. The first-order chi connectivity index (χ1) is 9.69. The van der Waals surface area contributed by atoms with Gasteiger partial charge in [-0.1, -0.05) is 18.2 Å². The first kappa shape index (κ1) is 14.1. The summed E-state index contributed by atoms with van der Waals surface area (Å²) in [5.74, 6) is 1.47. The van der Waals surface area contributed by atoms with Crippen molar-refractivity contribution in [3.8, 4) is 17.2 Å². The van der Waals surface area contributed by atoms with Crippen LogP contribution in [0.2, 0.25) is 0 Å². The predicted octanol–water partition coefficient (Wildman–Crippen LogP) is 3.88. The van der Waals surface area contributed by atoms with E-state index in [0.29, 0.717) is 11.3 Å². The van der Waals surface area contributed by atoms with Gasteiger partial charge in [-0.3, -0.25) is 0 Å². The highest BCUT2D eigenvalue weighted by Gasteiger charge is 2.09. The van der Waals surface area contributed by atoms with Gasteiger partial charge in [0.25, 0.3) is 0 Å². The monoisotopic (exact) mass is 280 g/mol. The van der Waals surface area contributed by atoms with Crippen LogP contribution >= 0.6 is 0 Å². The van der Waals surface area contributed by atoms with Crippen LogP contribution in [-0.2, 0) is 6.61 Å². The van der Waals surface area contributed by atoms with Gasteiger partial charge in [0.1, 0.15) is 23.9 Å². The van der Waals surface area contributed by atoms with Crippen LogP contribution < -0.4 is 14.2 Å². The molecule has 106 valence electrons. The quantitative estimate of drug-likeness (QED) is 0.803. The standard InChI is InChI=1S/C15H14F2O3/c1-18-12-6-8-13(9-7-12)19-10-11-4-2-3-5-14(11)20-15(16)17/h2-9,15H,10H2,1H3. The summed E-state index contributed by atoms with van der Waals surface area (Å²) < 4.78 is 39.5. The molecule has 0 bridgehead atoms. The van der Waals surface area contributed by atoms with Crippen LogP contribution in [0.4, 0.5) is 8.78 Å². The lowest BCUT2D eigenvalue weighted by Crippen LogP contribution is -2.06. The highest BCUT2D eigenvalue weighted by atomic mass is 19.3. The number of ether oxygens (including phenoxy) is 3. The second-order valence-corrected chi connectivity index (χ2v) is 3.95. The molecule has 0 amide bonds. The SMILES string of the molecule is COc1ccc(OCc2ccccc2OC(F)F)cc1. The van der Waals surface area contributed by atoms with E-state index in [-0.39, 0.29) is 12.4 Å². The molecule has 20 heavy (non-hydrogen) atoms. The third-order valence-corrected chi connectivity index (χ3v) is 2.64. The van der Waals surface area contributed by atoms with Crippen molar-refractivity contribution in [2.24, 2.45) is 0 Å². The minimum atomic E-state index is -2.85. The molecular weight excluding hydrogens is 266 g/mol. The van der Waals surface area contributed by atoms with Gasteiger partial charge in [-0.05, 0) is 30.3 Å². The van der Waals surface area contributed by atoms with Crippen LogP contribution in [-0.4, -0.2) is 13.7 Å². The lowest BCUT2D eigenvalue weighted by Gasteiger charge is -2.11. The first-order valence-corrected chi connectivity index (χ1v) is 5.98. The Kier molecular flexibility index (Phi) is 4.76. The molecule has 2 aromatic carbocycles. The van der Waals surface area contributed by atoms with Crippen LogP contribution in [0.5, 0.6) is 17.2 Å². The fourth-order valence-corrected chi connectivity index (χ4v) is 1.67. The minimum absolute atomic E-state index is 0.121. The van der Waals surface area contributed by atoms with E-state index in [1.165, 1.54) is 6.07 Å². The zero-order valence-electron chi connectivity index (χ0n) is 10.9. The third-order valence-electron chi connectivity index (χ3n) is 2.64. The van der Waals surface area contributed by atoms with Gasteiger partial charge < -0.3 is 14.2 Å². The molecule has 0 spiro atoms. The molecule has 0 atom stereocenters. The number of hydrogen-bond donors (Lipinski definition) is 0. The van der Waals surface area contributed by atoms with Gasteiger partial charge in [0, 0.05) is 5.56 Å². The van der Waals surface area contributed by atoms with Gasteiger partial charge >= 0.3 is 6.61 Å². The fourth-order valence-electron chi connectivity index (χ4n) is 1.67. The molecule has 0 aliphatic rings. The van der Waals surface area contributed by atoms with Gasteiger partial charge in [-0.15, -0.1) is 0 Å². The summed E-state index contributed by atoms with van der Waals surface area (Å²) in [5, 5.41) is 0. The summed E-state index contributed by atoms with van der Waals surface area (Å²) in [6, 6.07) is 13.6. The van der Waals surface area contributed by atoms with Crippen molar-refractivity contribution in [2.45, 2.75) is 13.2 Å². The fraction of sp³-hybridized carbons (Fsp3) is 0.200. The molecular formula is C15H14F2O3. The van der Waals surface area contributed by atoms with Crippen LogP contribution in [0.1, 0.15) is 5.56 Å². The molecule has 0 saturated heterocycles. The van der Waals surface area contributed by atoms with Gasteiger partial charge in [-0.2, -0.15) is 8.78 Å². The Balaban J connectivity index is 2.02. The summed E-state index contributed by atoms with van der Waals surface area (Å²) in [6.45, 7) is -2.70. The second-order valence-electron chi connectivity index (χ2n) is 3.95. The van der Waals surface area contributed by atoms with Crippen LogP contribution in [0.3, 0.4) is 0 Å². The number of para-hydroxylation sites is 1. The van der Waals surface area contributed by atoms with Crippen molar-refractivity contribution >= 4 is 0 Å². The van der Waals surface area contributed by atoms with E-state index < -0.39 is 6.61 Å². The first-order valence-electron chi connectivity index (χ1n) is 5.98. The van der Waals surface area contributed by atoms with E-state index in [0.717, 1.165) is 5.75 Å². The average molecular weight is 280 g/mol. The van der Waals surface area contributed by atoms with E-state index in [1.807, 2.05) is 0 Å². The summed E-state index contributed by atoms with van der Waals surface area (Å²) in [6.07, 6.45) is 0. The number of methoxy groups -OCH3 is 1. The Labute approximate surface area is 115 Å². The number of alkyl halides is 2. The van der Waals surface area contributed by atoms with Crippen molar-refractivity contribution in [2.75, 3.05) is 7.11 Å². The molecule has 0 fully saturated rings. The largest absolute Gasteiger partial charge is 0.497 e. The smallest absolute Gasteiger partial charge is 0.387 e. The Morgan fingerprint density at radius 3 is 2.25 bits per heavy atom. The molecule has 0 aromatic heterocycles. The lowest BCUT2D eigenvalue weighted by atomic mass is 10.2. The van der Waals surface area contributed by atoms with Crippen molar-refractivity contribution in [1.82, 2.24) is 0 Å². The normalized spacial score (nSPS) is 10.4. The summed E-state index contributed by atoms with van der Waals surface area (Å²) in [4.78, 5) is 0. The Bertz CT molecular complexity index is 541. The Hall–Kier alpha value is -2.30. The summed E-state index contributed by atoms with van der Waals surface area (Å²) >= 11 is 0. The maximum Gasteiger partial charge on any atom is 0.387 e. The van der Waals surface area contributed by atoms with Gasteiger partial charge in [-0.25, -0.2) is 0 Å². The van der Waals surface area contributed by atoms with Crippen LogP contribution in [0.25, 0.3) is 0 Å². The molecule has 0 aliphatic heterocycles. The zero-order chi connectivity index (χ0) is 14.4. The molecule has 0 aliphatic carbocycles. The van der Waals surface area contributed by atoms with Crippen LogP contribution in [0.15, 0.2) is 48.5 Å². The Morgan fingerprint density at radius 1 is 0.950 bits per heavy atom. The van der Waals surface area contributed by atoms with Gasteiger partial charge in [0.2, 0.25) is 0 Å². The predicted molar refractivity (Wildman–Crippen MR) is 70.4 cm³/mol. The van der Waals surface area contributed by atoms with E-state index in [1.54, 1.807) is 49.6 Å².